The van der Waals surface area contributed by atoms with Crippen molar-refractivity contribution in [2.45, 2.75) is 43.9 Å². The average molecular weight is 265 g/mol. The Balaban J connectivity index is 0.00000144. The molecule has 2 fully saturated rings. The molecule has 3 atom stereocenters. The van der Waals surface area contributed by atoms with Crippen molar-refractivity contribution in [2.75, 3.05) is 19.7 Å². The van der Waals surface area contributed by atoms with E-state index in [4.69, 9.17) is 4.74 Å². The number of carbonyl (C=O) groups excluding carboxylic acids is 1. The molecule has 17 heavy (non-hydrogen) atoms. The molecule has 6 heteroatoms. The molecule has 0 spiro atoms. The van der Waals surface area contributed by atoms with Crippen molar-refractivity contribution in [1.82, 2.24) is 10.6 Å². The monoisotopic (exact) mass is 264 g/mol. The number of aliphatic hydroxyl groups excluding tert-OH is 1. The molecular formula is C11H21ClN2O3. The molecule has 0 aromatic heterocycles. The number of nitrogens with one attached hydrogen (secondary N) is 2. The van der Waals surface area contributed by atoms with Gasteiger partial charge in [0, 0.05) is 19.7 Å². The van der Waals surface area contributed by atoms with Gasteiger partial charge in [0.25, 0.3) is 0 Å². The number of hydrogen-bond donors (Lipinski definition) is 3. The van der Waals surface area contributed by atoms with E-state index in [-0.39, 0.29) is 36.6 Å². The zero-order valence-corrected chi connectivity index (χ0v) is 10.7. The van der Waals surface area contributed by atoms with Crippen LogP contribution in [0.1, 0.15) is 25.7 Å². The van der Waals surface area contributed by atoms with E-state index in [2.05, 4.69) is 10.6 Å². The van der Waals surface area contributed by atoms with E-state index < -0.39 is 0 Å². The Kier molecular flexibility index (Phi) is 6.19. The van der Waals surface area contributed by atoms with Crippen molar-refractivity contribution in [3.05, 3.63) is 0 Å². The summed E-state index contributed by atoms with van der Waals surface area (Å²) in [6.07, 6.45) is 3.63. The topological polar surface area (TPSA) is 70.6 Å². The van der Waals surface area contributed by atoms with Gasteiger partial charge in [0.1, 0.15) is 0 Å². The van der Waals surface area contributed by atoms with E-state index in [0.29, 0.717) is 19.5 Å². The predicted molar refractivity (Wildman–Crippen MR) is 66.3 cm³/mol. The minimum atomic E-state index is -0.387. The van der Waals surface area contributed by atoms with Gasteiger partial charge in [-0.25, -0.2) is 0 Å². The molecule has 0 aromatic carbocycles. The zero-order valence-electron chi connectivity index (χ0n) is 9.85. The third-order valence-electron chi connectivity index (χ3n) is 3.20. The fraction of sp³-hybridized carbons (Fsp3) is 0.909. The fourth-order valence-corrected chi connectivity index (χ4v) is 2.22. The average Bonchev–Trinajstić information content (AvgIpc) is 2.74. The molecule has 2 rings (SSSR count). The third kappa shape index (κ3) is 4.43. The van der Waals surface area contributed by atoms with Crippen LogP contribution in [0, 0.1) is 0 Å². The fourth-order valence-electron chi connectivity index (χ4n) is 2.22. The highest BCUT2D eigenvalue weighted by atomic mass is 35.5. The standard InChI is InChI=1S/C11H20N2O3.ClH/c14-8-5-10(12-6-8)11(15)13-7-9-3-1-2-4-16-9;/h8-10,12,14H,1-7H2,(H,13,15);1H. The van der Waals surface area contributed by atoms with Gasteiger partial charge in [-0.15, -0.1) is 12.4 Å². The lowest BCUT2D eigenvalue weighted by atomic mass is 10.1. The number of amides is 1. The van der Waals surface area contributed by atoms with Gasteiger partial charge in [0.15, 0.2) is 0 Å². The number of aliphatic hydroxyl groups is 1. The van der Waals surface area contributed by atoms with Crippen molar-refractivity contribution in [1.29, 1.82) is 0 Å². The van der Waals surface area contributed by atoms with Gasteiger partial charge in [0.2, 0.25) is 5.91 Å². The second-order valence-electron chi connectivity index (χ2n) is 4.58. The molecule has 3 N–H and O–H groups in total. The molecule has 5 nitrogen and oxygen atoms in total. The molecule has 0 saturated carbocycles. The lowest BCUT2D eigenvalue weighted by molar-refractivity contribution is -0.123. The summed E-state index contributed by atoms with van der Waals surface area (Å²) in [7, 11) is 0. The van der Waals surface area contributed by atoms with Crippen LogP contribution in [-0.4, -0.2) is 49.0 Å². The van der Waals surface area contributed by atoms with Gasteiger partial charge in [-0.3, -0.25) is 4.79 Å². The maximum atomic E-state index is 11.7. The minimum Gasteiger partial charge on any atom is -0.392 e. The van der Waals surface area contributed by atoms with Crippen molar-refractivity contribution in [3.8, 4) is 0 Å². The smallest absolute Gasteiger partial charge is 0.237 e. The predicted octanol–water partition coefficient (Wildman–Crippen LogP) is -0.184. The lowest BCUT2D eigenvalue weighted by Crippen LogP contribution is -2.44. The van der Waals surface area contributed by atoms with Crippen LogP contribution in [0.2, 0.25) is 0 Å². The Morgan fingerprint density at radius 1 is 1.47 bits per heavy atom. The molecule has 2 aliphatic rings. The van der Waals surface area contributed by atoms with E-state index in [1.165, 1.54) is 6.42 Å². The Morgan fingerprint density at radius 3 is 2.88 bits per heavy atom. The summed E-state index contributed by atoms with van der Waals surface area (Å²) in [4.78, 5) is 11.7. The molecule has 2 aliphatic heterocycles. The van der Waals surface area contributed by atoms with Crippen molar-refractivity contribution >= 4 is 18.3 Å². The maximum Gasteiger partial charge on any atom is 0.237 e. The first-order chi connectivity index (χ1) is 7.75. The van der Waals surface area contributed by atoms with E-state index in [1.54, 1.807) is 0 Å². The number of rotatable bonds is 3. The van der Waals surface area contributed by atoms with Crippen LogP contribution in [0.15, 0.2) is 0 Å². The molecule has 3 unspecified atom stereocenters. The molecular weight excluding hydrogens is 244 g/mol. The van der Waals surface area contributed by atoms with Crippen LogP contribution in [0.25, 0.3) is 0 Å². The second kappa shape index (κ2) is 7.16. The first kappa shape index (κ1) is 14.7. The summed E-state index contributed by atoms with van der Waals surface area (Å²) in [6.45, 7) is 1.91. The van der Waals surface area contributed by atoms with Crippen LogP contribution < -0.4 is 10.6 Å². The van der Waals surface area contributed by atoms with Crippen LogP contribution in [0.5, 0.6) is 0 Å². The minimum absolute atomic E-state index is 0. The van der Waals surface area contributed by atoms with Gasteiger partial charge >= 0.3 is 0 Å². The Morgan fingerprint density at radius 2 is 2.29 bits per heavy atom. The summed E-state index contributed by atoms with van der Waals surface area (Å²) < 4.78 is 5.53. The van der Waals surface area contributed by atoms with Crippen molar-refractivity contribution in [3.63, 3.8) is 0 Å². The summed E-state index contributed by atoms with van der Waals surface area (Å²) in [6, 6.07) is -0.237. The SMILES string of the molecule is Cl.O=C(NCC1CCCCO1)C1CC(O)CN1. The Hall–Kier alpha value is -0.360. The van der Waals surface area contributed by atoms with E-state index in [0.717, 1.165) is 19.4 Å². The van der Waals surface area contributed by atoms with Crippen LogP contribution in [0.3, 0.4) is 0 Å². The van der Waals surface area contributed by atoms with Gasteiger partial charge in [-0.2, -0.15) is 0 Å². The first-order valence-corrected chi connectivity index (χ1v) is 6.06. The molecule has 1 amide bonds. The van der Waals surface area contributed by atoms with Gasteiger partial charge in [0.05, 0.1) is 18.2 Å². The molecule has 0 bridgehead atoms. The molecule has 2 heterocycles. The second-order valence-corrected chi connectivity index (χ2v) is 4.58. The number of carbonyl (C=O) groups is 1. The highest BCUT2D eigenvalue weighted by Gasteiger charge is 2.28. The number of β-amino-alcohol motifs (C(OH)–C–C–N with tert-alkyl or cyclic N) is 1. The molecule has 2 saturated heterocycles. The summed E-state index contributed by atoms with van der Waals surface area (Å²) >= 11 is 0. The normalized spacial score (nSPS) is 32.9. The number of ether oxygens (including phenoxy) is 1. The highest BCUT2D eigenvalue weighted by Crippen LogP contribution is 2.12. The van der Waals surface area contributed by atoms with Gasteiger partial charge in [-0.1, -0.05) is 0 Å². The Labute approximate surface area is 108 Å². The highest BCUT2D eigenvalue weighted by molar-refractivity contribution is 5.85. The van der Waals surface area contributed by atoms with Crippen LogP contribution in [-0.2, 0) is 9.53 Å². The maximum absolute atomic E-state index is 11.7. The van der Waals surface area contributed by atoms with E-state index >= 15 is 0 Å². The molecule has 0 aliphatic carbocycles. The van der Waals surface area contributed by atoms with Crippen molar-refractivity contribution in [2.24, 2.45) is 0 Å². The molecule has 0 aromatic rings. The van der Waals surface area contributed by atoms with Gasteiger partial charge in [-0.05, 0) is 25.7 Å². The number of halogens is 1. The Bertz CT molecular complexity index is 247. The van der Waals surface area contributed by atoms with Gasteiger partial charge < -0.3 is 20.5 Å². The molecule has 0 radical (unpaired) electrons. The van der Waals surface area contributed by atoms with Crippen LogP contribution in [0.4, 0.5) is 0 Å². The number of hydrogen-bond acceptors (Lipinski definition) is 4. The first-order valence-electron chi connectivity index (χ1n) is 6.06. The quantitative estimate of drug-likeness (QED) is 0.661. The lowest BCUT2D eigenvalue weighted by Gasteiger charge is -2.23. The van der Waals surface area contributed by atoms with E-state index in [9.17, 15) is 9.90 Å². The molecule has 100 valence electrons. The summed E-state index contributed by atoms with van der Waals surface area (Å²) in [5.41, 5.74) is 0. The van der Waals surface area contributed by atoms with Crippen LogP contribution >= 0.6 is 12.4 Å². The van der Waals surface area contributed by atoms with Crippen molar-refractivity contribution < 1.29 is 14.6 Å². The third-order valence-corrected chi connectivity index (χ3v) is 3.20. The summed E-state index contributed by atoms with van der Waals surface area (Å²) in [5, 5.41) is 15.2. The van der Waals surface area contributed by atoms with E-state index in [1.807, 2.05) is 0 Å². The largest absolute Gasteiger partial charge is 0.392 e. The summed E-state index contributed by atoms with van der Waals surface area (Å²) in [5.74, 6) is -0.0225. The zero-order chi connectivity index (χ0) is 11.4.